The minimum Gasteiger partial charge on any atom is -0.337 e. The number of nitrogens with one attached hydrogen (secondary N) is 1. The number of amides is 1. The molecule has 2 saturated heterocycles. The van der Waals surface area contributed by atoms with Crippen molar-refractivity contribution in [2.75, 3.05) is 6.54 Å². The Morgan fingerprint density at radius 1 is 1.12 bits per heavy atom. The van der Waals surface area contributed by atoms with Gasteiger partial charge in [-0.05, 0) is 53.0 Å². The summed E-state index contributed by atoms with van der Waals surface area (Å²) in [6, 6.07) is 1.22. The Labute approximate surface area is 98.6 Å². The maximum atomic E-state index is 12.5. The van der Waals surface area contributed by atoms with Gasteiger partial charge in [0.05, 0.1) is 5.92 Å². The van der Waals surface area contributed by atoms with E-state index in [0.717, 1.165) is 13.0 Å². The van der Waals surface area contributed by atoms with Gasteiger partial charge in [0, 0.05) is 18.1 Å². The van der Waals surface area contributed by atoms with E-state index in [-0.39, 0.29) is 5.92 Å². The Morgan fingerprint density at radius 2 is 1.75 bits per heavy atom. The van der Waals surface area contributed by atoms with E-state index in [1.165, 1.54) is 19.3 Å². The van der Waals surface area contributed by atoms with Gasteiger partial charge in [-0.3, -0.25) is 4.79 Å². The zero-order valence-electron chi connectivity index (χ0n) is 10.7. The molecule has 1 N–H and O–H groups in total. The van der Waals surface area contributed by atoms with Crippen LogP contribution in [0.1, 0.15) is 46.5 Å². The first kappa shape index (κ1) is 11.9. The maximum Gasteiger partial charge on any atom is 0.227 e. The molecule has 2 rings (SSSR count). The van der Waals surface area contributed by atoms with Crippen LogP contribution >= 0.6 is 0 Å². The number of likely N-dealkylation sites (tertiary alicyclic amines) is 1. The van der Waals surface area contributed by atoms with Crippen molar-refractivity contribution < 1.29 is 4.79 Å². The zero-order chi connectivity index (χ0) is 11.7. The highest BCUT2D eigenvalue weighted by Crippen LogP contribution is 2.27. The molecule has 2 aliphatic heterocycles. The van der Waals surface area contributed by atoms with Gasteiger partial charge in [-0.2, -0.15) is 0 Å². The summed E-state index contributed by atoms with van der Waals surface area (Å²) in [7, 11) is 0. The van der Waals surface area contributed by atoms with E-state index in [4.69, 9.17) is 0 Å². The highest BCUT2D eigenvalue weighted by Gasteiger charge is 2.37. The van der Waals surface area contributed by atoms with Crippen LogP contribution < -0.4 is 5.32 Å². The van der Waals surface area contributed by atoms with Crippen LogP contribution in [0, 0.1) is 5.92 Å². The van der Waals surface area contributed by atoms with Gasteiger partial charge in [-0.25, -0.2) is 0 Å². The van der Waals surface area contributed by atoms with Gasteiger partial charge < -0.3 is 10.2 Å². The number of piperidine rings is 1. The molecule has 2 aliphatic rings. The average molecular weight is 224 g/mol. The fourth-order valence-corrected chi connectivity index (χ4v) is 3.24. The van der Waals surface area contributed by atoms with Crippen molar-refractivity contribution in [3.05, 3.63) is 0 Å². The van der Waals surface area contributed by atoms with Gasteiger partial charge in [0.2, 0.25) is 5.91 Å². The molecule has 16 heavy (non-hydrogen) atoms. The molecule has 2 fully saturated rings. The number of carbonyl (C=O) groups excluding carboxylic acids is 1. The lowest BCUT2D eigenvalue weighted by Crippen LogP contribution is -2.51. The molecule has 0 aromatic carbocycles. The van der Waals surface area contributed by atoms with Crippen molar-refractivity contribution in [3.8, 4) is 0 Å². The van der Waals surface area contributed by atoms with Crippen molar-refractivity contribution in [2.24, 2.45) is 5.92 Å². The number of rotatable bonds is 1. The number of carbonyl (C=O) groups is 1. The predicted octanol–water partition coefficient (Wildman–Crippen LogP) is 1.77. The summed E-state index contributed by atoms with van der Waals surface area (Å²) in [6.07, 6.45) is 4.62. The van der Waals surface area contributed by atoms with Crippen LogP contribution in [-0.4, -0.2) is 35.5 Å². The molecule has 2 heterocycles. The van der Waals surface area contributed by atoms with Crippen LogP contribution in [0.25, 0.3) is 0 Å². The van der Waals surface area contributed by atoms with Crippen molar-refractivity contribution in [1.82, 2.24) is 10.2 Å². The lowest BCUT2D eigenvalue weighted by atomic mass is 9.93. The van der Waals surface area contributed by atoms with Crippen LogP contribution in [0.15, 0.2) is 0 Å². The molecule has 3 heteroatoms. The molecule has 0 aromatic heterocycles. The predicted molar refractivity (Wildman–Crippen MR) is 65.2 cm³/mol. The number of hydrogen-bond donors (Lipinski definition) is 1. The second-order valence-electron chi connectivity index (χ2n) is 5.51. The number of nitrogens with zero attached hydrogens (tertiary/aromatic N) is 1. The zero-order valence-corrected chi connectivity index (χ0v) is 10.7. The highest BCUT2D eigenvalue weighted by molar-refractivity contribution is 5.80. The topological polar surface area (TPSA) is 32.3 Å². The third kappa shape index (κ3) is 2.10. The summed E-state index contributed by atoms with van der Waals surface area (Å²) in [5, 5.41) is 3.37. The fraction of sp³-hybridized carbons (Fsp3) is 0.923. The molecule has 4 atom stereocenters. The van der Waals surface area contributed by atoms with Gasteiger partial charge >= 0.3 is 0 Å². The lowest BCUT2D eigenvalue weighted by molar-refractivity contribution is -0.141. The van der Waals surface area contributed by atoms with E-state index in [0.29, 0.717) is 24.0 Å². The van der Waals surface area contributed by atoms with Gasteiger partial charge in [0.1, 0.15) is 0 Å². The first-order chi connectivity index (χ1) is 7.61. The van der Waals surface area contributed by atoms with E-state index in [9.17, 15) is 4.79 Å². The molecule has 0 radical (unpaired) electrons. The van der Waals surface area contributed by atoms with Crippen LogP contribution in [0.3, 0.4) is 0 Å². The van der Waals surface area contributed by atoms with Gasteiger partial charge in [0.25, 0.3) is 0 Å². The molecule has 0 spiro atoms. The van der Waals surface area contributed by atoms with E-state index in [2.05, 4.69) is 31.0 Å². The minimum atomic E-state index is 0.211. The van der Waals surface area contributed by atoms with Crippen molar-refractivity contribution in [1.29, 1.82) is 0 Å². The molecule has 0 aromatic rings. The van der Waals surface area contributed by atoms with Crippen molar-refractivity contribution in [3.63, 3.8) is 0 Å². The molecule has 1 amide bonds. The Balaban J connectivity index is 2.07. The standard InChI is InChI=1S/C13H24N2O/c1-9-5-4-6-10(2)15(9)13(16)12-7-8-14-11(12)3/h9-12,14H,4-8H2,1-3H3/t9-,10+,11?,12?. The highest BCUT2D eigenvalue weighted by atomic mass is 16.2. The Morgan fingerprint density at radius 3 is 2.25 bits per heavy atom. The lowest BCUT2D eigenvalue weighted by Gasteiger charge is -2.41. The van der Waals surface area contributed by atoms with Gasteiger partial charge in [0.15, 0.2) is 0 Å². The molecule has 0 bridgehead atoms. The number of hydrogen-bond acceptors (Lipinski definition) is 2. The molecule has 2 unspecified atom stereocenters. The van der Waals surface area contributed by atoms with Gasteiger partial charge in [-0.1, -0.05) is 0 Å². The first-order valence-corrected chi connectivity index (χ1v) is 6.67. The van der Waals surface area contributed by atoms with E-state index in [1.807, 2.05) is 0 Å². The smallest absolute Gasteiger partial charge is 0.227 e. The van der Waals surface area contributed by atoms with E-state index >= 15 is 0 Å². The summed E-state index contributed by atoms with van der Waals surface area (Å²) in [5.41, 5.74) is 0. The Kier molecular flexibility index (Phi) is 3.53. The summed E-state index contributed by atoms with van der Waals surface area (Å²) < 4.78 is 0. The van der Waals surface area contributed by atoms with Crippen LogP contribution in [-0.2, 0) is 4.79 Å². The molecular weight excluding hydrogens is 200 g/mol. The molecular formula is C13H24N2O. The summed E-state index contributed by atoms with van der Waals surface area (Å²) in [4.78, 5) is 14.7. The molecule has 0 aliphatic carbocycles. The minimum absolute atomic E-state index is 0.211. The van der Waals surface area contributed by atoms with Crippen LogP contribution in [0.5, 0.6) is 0 Å². The Bertz CT molecular complexity index is 257. The van der Waals surface area contributed by atoms with Gasteiger partial charge in [-0.15, -0.1) is 0 Å². The van der Waals surface area contributed by atoms with E-state index < -0.39 is 0 Å². The molecule has 0 saturated carbocycles. The third-order valence-electron chi connectivity index (χ3n) is 4.29. The molecule has 92 valence electrons. The third-order valence-corrected chi connectivity index (χ3v) is 4.29. The normalized spacial score (nSPS) is 40.1. The summed E-state index contributed by atoms with van der Waals surface area (Å²) in [6.45, 7) is 7.52. The van der Waals surface area contributed by atoms with Crippen LogP contribution in [0.4, 0.5) is 0 Å². The summed E-state index contributed by atoms with van der Waals surface area (Å²) >= 11 is 0. The SMILES string of the molecule is CC1NCCC1C(=O)N1[C@H](C)CCC[C@@H]1C. The monoisotopic (exact) mass is 224 g/mol. The van der Waals surface area contributed by atoms with Crippen LogP contribution in [0.2, 0.25) is 0 Å². The largest absolute Gasteiger partial charge is 0.337 e. The quantitative estimate of drug-likeness (QED) is 0.736. The molecule has 3 nitrogen and oxygen atoms in total. The second-order valence-corrected chi connectivity index (χ2v) is 5.51. The Hall–Kier alpha value is -0.570. The van der Waals surface area contributed by atoms with Crippen molar-refractivity contribution >= 4 is 5.91 Å². The fourth-order valence-electron chi connectivity index (χ4n) is 3.24. The van der Waals surface area contributed by atoms with Crippen molar-refractivity contribution in [2.45, 2.75) is 64.6 Å². The second kappa shape index (κ2) is 4.74. The van der Waals surface area contributed by atoms with E-state index in [1.54, 1.807) is 0 Å². The maximum absolute atomic E-state index is 12.5. The average Bonchev–Trinajstić information content (AvgIpc) is 2.64. The summed E-state index contributed by atoms with van der Waals surface area (Å²) in [5.74, 6) is 0.597. The first-order valence-electron chi connectivity index (χ1n) is 6.67.